The van der Waals surface area contributed by atoms with E-state index < -0.39 is 11.6 Å². The Hall–Kier alpha value is -1.16. The highest BCUT2D eigenvalue weighted by Gasteiger charge is 2.18. The van der Waals surface area contributed by atoms with E-state index in [1.54, 1.807) is 20.8 Å². The molecule has 3 nitrogen and oxygen atoms in total. The van der Waals surface area contributed by atoms with Crippen molar-refractivity contribution in [3.8, 4) is 0 Å². The molecule has 0 unspecified atom stereocenters. The van der Waals surface area contributed by atoms with Gasteiger partial charge in [-0.15, -0.1) is 0 Å². The molecule has 1 aromatic carbocycles. The van der Waals surface area contributed by atoms with Crippen molar-refractivity contribution in [3.05, 3.63) is 34.3 Å². The summed E-state index contributed by atoms with van der Waals surface area (Å²) >= 11 is 3.34. The number of carbonyl (C=O) groups is 2. The van der Waals surface area contributed by atoms with E-state index in [-0.39, 0.29) is 18.6 Å². The zero-order valence-electron chi connectivity index (χ0n) is 10.8. The Labute approximate surface area is 116 Å². The van der Waals surface area contributed by atoms with Crippen LogP contribution in [0.15, 0.2) is 28.7 Å². The first-order chi connectivity index (χ1) is 8.26. The van der Waals surface area contributed by atoms with E-state index in [4.69, 9.17) is 4.74 Å². The standard InChI is InChI=1S/C14H17BrO3/c1-14(2,3)18-13(17)9-12(16)8-10-5-4-6-11(15)7-10/h4-7H,8-9H2,1-3H3. The first kappa shape index (κ1) is 14.9. The molecule has 98 valence electrons. The number of ketones is 1. The van der Waals surface area contributed by atoms with Gasteiger partial charge in [0.05, 0.1) is 0 Å². The fraction of sp³-hybridized carbons (Fsp3) is 0.429. The molecule has 1 aromatic rings. The summed E-state index contributed by atoms with van der Waals surface area (Å²) in [5.41, 5.74) is 0.339. The normalized spacial score (nSPS) is 11.1. The van der Waals surface area contributed by atoms with Gasteiger partial charge in [0, 0.05) is 10.9 Å². The summed E-state index contributed by atoms with van der Waals surface area (Å²) < 4.78 is 6.02. The van der Waals surface area contributed by atoms with Crippen LogP contribution in [0.1, 0.15) is 32.8 Å². The average molecular weight is 313 g/mol. The summed E-state index contributed by atoms with van der Waals surface area (Å²) in [6.07, 6.45) is 0.0719. The summed E-state index contributed by atoms with van der Waals surface area (Å²) in [5.74, 6) is -0.607. The van der Waals surface area contributed by atoms with Crippen LogP contribution in [0.25, 0.3) is 0 Å². The Balaban J connectivity index is 2.50. The van der Waals surface area contributed by atoms with Crippen LogP contribution < -0.4 is 0 Å². The fourth-order valence-corrected chi connectivity index (χ4v) is 1.92. The van der Waals surface area contributed by atoms with E-state index in [9.17, 15) is 9.59 Å². The lowest BCUT2D eigenvalue weighted by Crippen LogP contribution is -2.25. The molecule has 4 heteroatoms. The smallest absolute Gasteiger partial charge is 0.313 e. The number of hydrogen-bond donors (Lipinski definition) is 0. The van der Waals surface area contributed by atoms with Gasteiger partial charge in [0.2, 0.25) is 0 Å². The third-order valence-corrected chi connectivity index (χ3v) is 2.55. The molecule has 0 heterocycles. The maximum Gasteiger partial charge on any atom is 0.313 e. The molecule has 0 aliphatic heterocycles. The molecule has 0 saturated carbocycles. The maximum absolute atomic E-state index is 11.7. The van der Waals surface area contributed by atoms with E-state index in [0.717, 1.165) is 10.0 Å². The molecule has 0 bridgehead atoms. The Bertz CT molecular complexity index is 447. The van der Waals surface area contributed by atoms with Gasteiger partial charge in [-0.05, 0) is 38.5 Å². The van der Waals surface area contributed by atoms with Crippen molar-refractivity contribution in [2.75, 3.05) is 0 Å². The second-order valence-corrected chi connectivity index (χ2v) is 6.02. The van der Waals surface area contributed by atoms with Crippen molar-refractivity contribution < 1.29 is 14.3 Å². The monoisotopic (exact) mass is 312 g/mol. The van der Waals surface area contributed by atoms with Gasteiger partial charge in [-0.25, -0.2) is 0 Å². The molecule has 1 rings (SSSR count). The topological polar surface area (TPSA) is 43.4 Å². The highest BCUT2D eigenvalue weighted by atomic mass is 79.9. The molecule has 0 amide bonds. The number of hydrogen-bond acceptors (Lipinski definition) is 3. The lowest BCUT2D eigenvalue weighted by molar-refractivity contribution is -0.156. The fourth-order valence-electron chi connectivity index (χ4n) is 1.48. The molecular formula is C14H17BrO3. The van der Waals surface area contributed by atoms with Crippen molar-refractivity contribution in [2.24, 2.45) is 0 Å². The van der Waals surface area contributed by atoms with Crippen molar-refractivity contribution in [3.63, 3.8) is 0 Å². The second kappa shape index (κ2) is 6.14. The van der Waals surface area contributed by atoms with Gasteiger partial charge in [-0.2, -0.15) is 0 Å². The maximum atomic E-state index is 11.7. The van der Waals surface area contributed by atoms with Gasteiger partial charge in [0.15, 0.2) is 0 Å². The highest BCUT2D eigenvalue weighted by molar-refractivity contribution is 9.10. The largest absolute Gasteiger partial charge is 0.460 e. The molecular weight excluding hydrogens is 296 g/mol. The molecule has 0 atom stereocenters. The van der Waals surface area contributed by atoms with Crippen LogP contribution in [-0.4, -0.2) is 17.4 Å². The van der Waals surface area contributed by atoms with Crippen molar-refractivity contribution in [2.45, 2.75) is 39.2 Å². The molecule has 0 aliphatic rings. The van der Waals surface area contributed by atoms with Gasteiger partial charge >= 0.3 is 5.97 Å². The first-order valence-corrected chi connectivity index (χ1v) is 6.53. The van der Waals surface area contributed by atoms with Crippen molar-refractivity contribution in [1.82, 2.24) is 0 Å². The molecule has 0 aliphatic carbocycles. The summed E-state index contributed by atoms with van der Waals surface area (Å²) in [4.78, 5) is 23.2. The number of ether oxygens (including phenoxy) is 1. The van der Waals surface area contributed by atoms with Crippen molar-refractivity contribution in [1.29, 1.82) is 0 Å². The average Bonchev–Trinajstić information content (AvgIpc) is 2.13. The SMILES string of the molecule is CC(C)(C)OC(=O)CC(=O)Cc1cccc(Br)c1. The van der Waals surface area contributed by atoms with Crippen LogP contribution in [-0.2, 0) is 20.7 Å². The number of halogens is 1. The Morgan fingerprint density at radius 1 is 1.28 bits per heavy atom. The quantitative estimate of drug-likeness (QED) is 0.633. The van der Waals surface area contributed by atoms with Gasteiger partial charge in [-0.3, -0.25) is 9.59 Å². The summed E-state index contributed by atoms with van der Waals surface area (Å²) in [6, 6.07) is 7.48. The molecule has 0 aromatic heterocycles. The predicted molar refractivity (Wildman–Crippen MR) is 73.3 cm³/mol. The summed E-state index contributed by atoms with van der Waals surface area (Å²) in [5, 5.41) is 0. The first-order valence-electron chi connectivity index (χ1n) is 5.74. The van der Waals surface area contributed by atoms with Crippen LogP contribution in [0.5, 0.6) is 0 Å². The molecule has 0 saturated heterocycles. The zero-order chi connectivity index (χ0) is 13.8. The Kier molecular flexibility index (Phi) is 5.08. The minimum absolute atomic E-state index is 0.137. The third kappa shape index (κ3) is 5.96. The Morgan fingerprint density at radius 2 is 1.94 bits per heavy atom. The third-order valence-electron chi connectivity index (χ3n) is 2.05. The lowest BCUT2D eigenvalue weighted by atomic mass is 10.1. The molecule has 0 fully saturated rings. The minimum Gasteiger partial charge on any atom is -0.460 e. The van der Waals surface area contributed by atoms with Gasteiger partial charge in [-0.1, -0.05) is 28.1 Å². The predicted octanol–water partition coefficient (Wildman–Crippen LogP) is 3.29. The van der Waals surface area contributed by atoms with E-state index >= 15 is 0 Å². The minimum atomic E-state index is -0.548. The van der Waals surface area contributed by atoms with Crippen LogP contribution in [0.2, 0.25) is 0 Å². The van der Waals surface area contributed by atoms with E-state index in [0.29, 0.717) is 0 Å². The van der Waals surface area contributed by atoms with Gasteiger partial charge in [0.1, 0.15) is 17.8 Å². The number of esters is 1. The number of benzene rings is 1. The second-order valence-electron chi connectivity index (χ2n) is 5.11. The zero-order valence-corrected chi connectivity index (χ0v) is 12.4. The molecule has 0 N–H and O–H groups in total. The van der Waals surface area contributed by atoms with E-state index in [2.05, 4.69) is 15.9 Å². The van der Waals surface area contributed by atoms with E-state index in [1.807, 2.05) is 24.3 Å². The van der Waals surface area contributed by atoms with Crippen LogP contribution in [0.3, 0.4) is 0 Å². The lowest BCUT2D eigenvalue weighted by Gasteiger charge is -2.19. The summed E-state index contributed by atoms with van der Waals surface area (Å²) in [7, 11) is 0. The van der Waals surface area contributed by atoms with Crippen LogP contribution >= 0.6 is 15.9 Å². The number of rotatable bonds is 4. The summed E-state index contributed by atoms with van der Waals surface area (Å²) in [6.45, 7) is 5.34. The molecule has 18 heavy (non-hydrogen) atoms. The Morgan fingerprint density at radius 3 is 2.50 bits per heavy atom. The molecule has 0 spiro atoms. The highest BCUT2D eigenvalue weighted by Crippen LogP contribution is 2.13. The molecule has 0 radical (unpaired) electrons. The van der Waals surface area contributed by atoms with Gasteiger partial charge < -0.3 is 4.74 Å². The van der Waals surface area contributed by atoms with Crippen LogP contribution in [0, 0.1) is 0 Å². The van der Waals surface area contributed by atoms with E-state index in [1.165, 1.54) is 0 Å². The van der Waals surface area contributed by atoms with Crippen LogP contribution in [0.4, 0.5) is 0 Å². The number of carbonyl (C=O) groups excluding carboxylic acids is 2. The van der Waals surface area contributed by atoms with Crippen molar-refractivity contribution >= 4 is 27.7 Å². The number of Topliss-reactive ketones (excluding diaryl/α,β-unsaturated/α-hetero) is 1. The van der Waals surface area contributed by atoms with Gasteiger partial charge in [0.25, 0.3) is 0 Å².